The molecule has 0 aromatic carbocycles. The number of aliphatic hydroxyl groups excluding tert-OH is 2. The van der Waals surface area contributed by atoms with Crippen LogP contribution in [0.1, 0.15) is 65.2 Å². The quantitative estimate of drug-likeness (QED) is 0.343. The van der Waals surface area contributed by atoms with Gasteiger partial charge in [0.2, 0.25) is 5.91 Å². The summed E-state index contributed by atoms with van der Waals surface area (Å²) in [6.07, 6.45) is -0.427. The molecule has 11 nitrogen and oxygen atoms in total. The van der Waals surface area contributed by atoms with Gasteiger partial charge in [-0.3, -0.25) is 19.2 Å². The maximum atomic E-state index is 12.6. The number of fused-ring (bicyclic) bond motifs is 1. The Morgan fingerprint density at radius 3 is 2.46 bits per heavy atom. The van der Waals surface area contributed by atoms with Crippen molar-refractivity contribution in [3.63, 3.8) is 0 Å². The van der Waals surface area contributed by atoms with Gasteiger partial charge in [-0.25, -0.2) is 16.1 Å². The molecule has 0 radical (unpaired) electrons. The Kier molecular flexibility index (Phi) is 8.43. The number of aromatic nitrogens is 3. The van der Waals surface area contributed by atoms with Crippen molar-refractivity contribution >= 4 is 23.2 Å². The monoisotopic (exact) mass is 487 g/mol. The topological polar surface area (TPSA) is 140 Å². The first kappa shape index (κ1) is 26.5. The predicted octanol–water partition coefficient (Wildman–Crippen LogP) is 2.49. The molecule has 1 aliphatic rings. The number of nitrogens with one attached hydrogen (secondary N) is 1. The molecule has 0 unspecified atom stereocenters. The zero-order chi connectivity index (χ0) is 25.8. The highest BCUT2D eigenvalue weighted by atomic mass is 16.6. The highest BCUT2D eigenvalue weighted by molar-refractivity contribution is 5.95. The van der Waals surface area contributed by atoms with Gasteiger partial charge in [0, 0.05) is 5.92 Å². The molecule has 3 rings (SSSR count). The van der Waals surface area contributed by atoms with Crippen molar-refractivity contribution < 1.29 is 29.3 Å². The van der Waals surface area contributed by atoms with Crippen LogP contribution in [-0.2, 0) is 19.1 Å². The number of esters is 1. The van der Waals surface area contributed by atoms with Crippen LogP contribution in [0.25, 0.3) is 10.4 Å². The van der Waals surface area contributed by atoms with Gasteiger partial charge in [-0.1, -0.05) is 27.7 Å². The number of anilines is 1. The molecule has 11 heteroatoms. The molecule has 0 bridgehead atoms. The second kappa shape index (κ2) is 11.1. The highest BCUT2D eigenvalue weighted by Gasteiger charge is 2.62. The highest BCUT2D eigenvalue weighted by Crippen LogP contribution is 2.42. The molecule has 4 atom stereocenters. The van der Waals surface area contributed by atoms with Crippen LogP contribution in [0.5, 0.6) is 0 Å². The van der Waals surface area contributed by atoms with E-state index in [1.54, 1.807) is 12.1 Å². The fourth-order valence-electron chi connectivity index (χ4n) is 4.33. The summed E-state index contributed by atoms with van der Waals surface area (Å²) in [6.45, 7) is 14.7. The third-order valence-electron chi connectivity index (χ3n) is 6.73. The van der Waals surface area contributed by atoms with Crippen LogP contribution in [0.4, 0.5) is 5.82 Å². The zero-order valence-corrected chi connectivity index (χ0v) is 20.5. The van der Waals surface area contributed by atoms with Gasteiger partial charge in [0.25, 0.3) is 0 Å². The average molecular weight is 488 g/mol. The summed E-state index contributed by atoms with van der Waals surface area (Å²) in [5.41, 5.74) is -1.15. The van der Waals surface area contributed by atoms with Gasteiger partial charge in [-0.15, -0.1) is 0 Å². The lowest BCUT2D eigenvalue weighted by molar-refractivity contribution is -0.160. The van der Waals surface area contributed by atoms with Crippen LogP contribution < -0.4 is 5.32 Å². The standard InChI is InChI=1S/C24H33N5O6/c1-6-14(7-2)22(32)28-21-17-11-10-16(29(17)27-13-26-21)19-18(30)20(31)24(25-5,35-19)12-34-23(33)15(8-3)9-4/h10-11,13-15,18-20,30-31H,6-9,12H2,1-4H3,(H,26,27,28,32)/t18-,19-,20-,24+/m0/s1. The van der Waals surface area contributed by atoms with Crippen LogP contribution in [0, 0.1) is 18.4 Å². The van der Waals surface area contributed by atoms with Crippen molar-refractivity contribution in [3.8, 4) is 0 Å². The smallest absolute Gasteiger partial charge is 0.400 e. The van der Waals surface area contributed by atoms with E-state index < -0.39 is 36.6 Å². The van der Waals surface area contributed by atoms with E-state index in [4.69, 9.17) is 16.0 Å². The van der Waals surface area contributed by atoms with Gasteiger partial charge in [-0.2, -0.15) is 5.10 Å². The number of ether oxygens (including phenoxy) is 2. The molecule has 0 spiro atoms. The number of aliphatic hydroxyl groups is 2. The first-order valence-corrected chi connectivity index (χ1v) is 12.0. The van der Waals surface area contributed by atoms with Gasteiger partial charge in [0.05, 0.1) is 11.6 Å². The summed E-state index contributed by atoms with van der Waals surface area (Å²) in [7, 11) is 0. The molecule has 0 aliphatic carbocycles. The van der Waals surface area contributed by atoms with E-state index in [9.17, 15) is 19.8 Å². The Bertz CT molecular complexity index is 1090. The Morgan fingerprint density at radius 2 is 1.86 bits per heavy atom. The normalized spacial score (nSPS) is 24.1. The molecule has 1 saturated heterocycles. The summed E-state index contributed by atoms with van der Waals surface area (Å²) in [5, 5.41) is 28.5. The van der Waals surface area contributed by atoms with Gasteiger partial charge < -0.3 is 20.3 Å². The molecule has 3 N–H and O–H groups in total. The Hall–Kier alpha value is -3.07. The third-order valence-corrected chi connectivity index (χ3v) is 6.73. The van der Waals surface area contributed by atoms with Crippen LogP contribution >= 0.6 is 0 Å². The van der Waals surface area contributed by atoms with Crippen molar-refractivity contribution in [2.24, 2.45) is 11.8 Å². The molecule has 0 saturated carbocycles. The van der Waals surface area contributed by atoms with Crippen molar-refractivity contribution in [2.45, 2.75) is 77.4 Å². The SMILES string of the molecule is [C-]#[N+][C@]1(COC(=O)C(CC)CC)O[C@@H](c2ccc3c(NC(=O)C(CC)CC)ncnn23)[C@H](O)[C@@H]1O. The number of hydrogen-bond donors (Lipinski definition) is 3. The number of rotatable bonds is 10. The lowest BCUT2D eigenvalue weighted by Crippen LogP contribution is -2.45. The lowest BCUT2D eigenvalue weighted by Gasteiger charge is -2.20. The minimum absolute atomic E-state index is 0.155. The van der Waals surface area contributed by atoms with Crippen molar-refractivity contribution in [1.82, 2.24) is 14.6 Å². The third kappa shape index (κ3) is 5.00. The number of hydrogen-bond acceptors (Lipinski definition) is 8. The van der Waals surface area contributed by atoms with E-state index in [1.807, 2.05) is 27.7 Å². The molecule has 1 amide bonds. The number of carbonyl (C=O) groups is 2. The van der Waals surface area contributed by atoms with Crippen molar-refractivity contribution in [2.75, 3.05) is 11.9 Å². The van der Waals surface area contributed by atoms with E-state index in [2.05, 4.69) is 20.2 Å². The van der Waals surface area contributed by atoms with E-state index in [-0.39, 0.29) is 17.7 Å². The minimum atomic E-state index is -1.96. The van der Waals surface area contributed by atoms with Gasteiger partial charge in [0.15, 0.2) is 18.5 Å². The van der Waals surface area contributed by atoms with Crippen molar-refractivity contribution in [1.29, 1.82) is 0 Å². The van der Waals surface area contributed by atoms with Gasteiger partial charge >= 0.3 is 11.7 Å². The fraction of sp³-hybridized carbons (Fsp3) is 0.625. The molecule has 1 fully saturated rings. The molecule has 2 aromatic rings. The molecule has 1 aliphatic heterocycles. The van der Waals surface area contributed by atoms with E-state index in [0.29, 0.717) is 42.7 Å². The van der Waals surface area contributed by atoms with Crippen LogP contribution in [0.3, 0.4) is 0 Å². The molecule has 3 heterocycles. The van der Waals surface area contributed by atoms with Gasteiger partial charge in [0.1, 0.15) is 24.1 Å². The Balaban J connectivity index is 1.86. The summed E-state index contributed by atoms with van der Waals surface area (Å²) < 4.78 is 12.6. The molecular formula is C24H33N5O6. The van der Waals surface area contributed by atoms with E-state index in [1.165, 1.54) is 10.8 Å². The van der Waals surface area contributed by atoms with E-state index in [0.717, 1.165) is 0 Å². The van der Waals surface area contributed by atoms with Crippen LogP contribution in [-0.4, -0.2) is 61.2 Å². The second-order valence-electron chi connectivity index (χ2n) is 8.72. The predicted molar refractivity (Wildman–Crippen MR) is 126 cm³/mol. The molecule has 2 aromatic heterocycles. The van der Waals surface area contributed by atoms with Crippen LogP contribution in [0.2, 0.25) is 0 Å². The minimum Gasteiger partial charge on any atom is -0.454 e. The number of carbonyl (C=O) groups excluding carboxylic acids is 2. The summed E-state index contributed by atoms with van der Waals surface area (Å²) in [4.78, 5) is 32.5. The summed E-state index contributed by atoms with van der Waals surface area (Å²) in [6, 6.07) is 3.28. The summed E-state index contributed by atoms with van der Waals surface area (Å²) in [5.74, 6) is -0.817. The Morgan fingerprint density at radius 1 is 1.20 bits per heavy atom. The molecular weight excluding hydrogens is 454 g/mol. The van der Waals surface area contributed by atoms with Crippen LogP contribution in [0.15, 0.2) is 18.5 Å². The molecule has 190 valence electrons. The molecule has 35 heavy (non-hydrogen) atoms. The Labute approximate surface area is 204 Å². The second-order valence-corrected chi connectivity index (χ2v) is 8.72. The first-order valence-electron chi connectivity index (χ1n) is 12.0. The average Bonchev–Trinajstić information content (AvgIpc) is 3.40. The van der Waals surface area contributed by atoms with Crippen molar-refractivity contribution in [3.05, 3.63) is 35.6 Å². The maximum Gasteiger partial charge on any atom is 0.400 e. The number of nitrogens with zero attached hydrogens (tertiary/aromatic N) is 4. The fourth-order valence-corrected chi connectivity index (χ4v) is 4.33. The lowest BCUT2D eigenvalue weighted by atomic mass is 10.0. The summed E-state index contributed by atoms with van der Waals surface area (Å²) >= 11 is 0. The zero-order valence-electron chi connectivity index (χ0n) is 20.5. The first-order chi connectivity index (χ1) is 16.8. The van der Waals surface area contributed by atoms with Gasteiger partial charge in [-0.05, 0) is 37.8 Å². The van der Waals surface area contributed by atoms with E-state index >= 15 is 0 Å². The number of amides is 1. The largest absolute Gasteiger partial charge is 0.454 e. The maximum absolute atomic E-state index is 12.6.